The molecule has 1 aromatic heterocycles. The number of aryl methyl sites for hydroxylation is 2. The topological polar surface area (TPSA) is 47.0 Å². The van der Waals surface area contributed by atoms with Crippen LogP contribution >= 0.6 is 23.2 Å². The molecule has 1 heterocycles. The van der Waals surface area contributed by atoms with E-state index in [0.29, 0.717) is 27.6 Å². The summed E-state index contributed by atoms with van der Waals surface area (Å²) in [4.78, 5) is 8.47. The van der Waals surface area contributed by atoms with Crippen LogP contribution in [0.4, 0.5) is 11.5 Å². The fourth-order valence-electron chi connectivity index (χ4n) is 1.77. The summed E-state index contributed by atoms with van der Waals surface area (Å²) in [5.74, 6) is 1.91. The summed E-state index contributed by atoms with van der Waals surface area (Å²) in [6.07, 6.45) is 0. The second-order valence-corrected chi connectivity index (χ2v) is 5.23. The Kier molecular flexibility index (Phi) is 4.35. The van der Waals surface area contributed by atoms with Crippen LogP contribution in [0.2, 0.25) is 10.2 Å². The molecular weight excluding hydrogens is 297 g/mol. The van der Waals surface area contributed by atoms with E-state index in [1.165, 1.54) is 0 Å². The highest BCUT2D eigenvalue weighted by molar-refractivity contribution is 6.31. The largest absolute Gasteiger partial charge is 0.495 e. The fourth-order valence-corrected chi connectivity index (χ4v) is 2.14. The molecule has 0 aliphatic heterocycles. The van der Waals surface area contributed by atoms with Crippen LogP contribution in [-0.4, -0.2) is 17.1 Å². The van der Waals surface area contributed by atoms with Gasteiger partial charge in [0.25, 0.3) is 0 Å². The maximum atomic E-state index is 6.09. The number of nitrogens with one attached hydrogen (secondary N) is 1. The fraction of sp³-hybridized carbons (Fsp3) is 0.286. The first-order chi connectivity index (χ1) is 9.42. The lowest BCUT2D eigenvalue weighted by atomic mass is 10.2. The molecule has 0 atom stereocenters. The molecule has 2 rings (SSSR count). The molecule has 0 saturated carbocycles. The first-order valence-corrected chi connectivity index (χ1v) is 6.80. The predicted molar refractivity (Wildman–Crippen MR) is 82.5 cm³/mol. The van der Waals surface area contributed by atoms with Crippen molar-refractivity contribution in [2.45, 2.75) is 20.8 Å². The summed E-state index contributed by atoms with van der Waals surface area (Å²) in [6, 6.07) is 3.68. The van der Waals surface area contributed by atoms with Gasteiger partial charge in [-0.1, -0.05) is 23.2 Å². The normalized spacial score (nSPS) is 10.5. The van der Waals surface area contributed by atoms with Gasteiger partial charge in [0, 0.05) is 16.7 Å². The SMILES string of the molecule is COc1cc(Cl)c(C)cc1Nc1nc(C)nc(Cl)c1C. The first kappa shape index (κ1) is 14.9. The molecule has 0 aliphatic carbocycles. The van der Waals surface area contributed by atoms with E-state index in [4.69, 9.17) is 27.9 Å². The molecule has 0 spiro atoms. The highest BCUT2D eigenvalue weighted by Gasteiger charge is 2.12. The van der Waals surface area contributed by atoms with Crippen LogP contribution in [0.15, 0.2) is 12.1 Å². The van der Waals surface area contributed by atoms with Crippen molar-refractivity contribution in [2.75, 3.05) is 12.4 Å². The van der Waals surface area contributed by atoms with Crippen LogP contribution in [0.3, 0.4) is 0 Å². The zero-order valence-corrected chi connectivity index (χ0v) is 13.2. The lowest BCUT2D eigenvalue weighted by Gasteiger charge is -2.14. The van der Waals surface area contributed by atoms with Gasteiger partial charge in [-0.05, 0) is 32.4 Å². The van der Waals surface area contributed by atoms with Crippen molar-refractivity contribution in [1.29, 1.82) is 0 Å². The Morgan fingerprint density at radius 2 is 1.80 bits per heavy atom. The molecule has 0 amide bonds. The number of halogens is 2. The predicted octanol–water partition coefficient (Wildman–Crippen LogP) is 4.46. The van der Waals surface area contributed by atoms with Gasteiger partial charge in [-0.3, -0.25) is 0 Å². The second-order valence-electron chi connectivity index (χ2n) is 4.46. The monoisotopic (exact) mass is 311 g/mol. The summed E-state index contributed by atoms with van der Waals surface area (Å²) >= 11 is 12.2. The number of benzene rings is 1. The van der Waals surface area contributed by atoms with E-state index in [-0.39, 0.29) is 0 Å². The van der Waals surface area contributed by atoms with E-state index in [0.717, 1.165) is 16.8 Å². The Labute approximate surface area is 128 Å². The van der Waals surface area contributed by atoms with E-state index < -0.39 is 0 Å². The maximum Gasteiger partial charge on any atom is 0.143 e. The van der Waals surface area contributed by atoms with Gasteiger partial charge in [-0.15, -0.1) is 0 Å². The third-order valence-electron chi connectivity index (χ3n) is 2.93. The average molecular weight is 312 g/mol. The summed E-state index contributed by atoms with van der Waals surface area (Å²) in [7, 11) is 1.59. The van der Waals surface area contributed by atoms with Gasteiger partial charge in [0.2, 0.25) is 0 Å². The number of methoxy groups -OCH3 is 1. The summed E-state index contributed by atoms with van der Waals surface area (Å²) in [5, 5.41) is 4.31. The lowest BCUT2D eigenvalue weighted by molar-refractivity contribution is 0.416. The highest BCUT2D eigenvalue weighted by atomic mass is 35.5. The maximum absolute atomic E-state index is 6.09. The Balaban J connectivity index is 2.47. The van der Waals surface area contributed by atoms with E-state index in [1.807, 2.05) is 19.9 Å². The van der Waals surface area contributed by atoms with Crippen molar-refractivity contribution in [3.05, 3.63) is 39.3 Å². The van der Waals surface area contributed by atoms with Crippen LogP contribution in [-0.2, 0) is 0 Å². The Hall–Kier alpha value is -1.52. The molecule has 1 N–H and O–H groups in total. The highest BCUT2D eigenvalue weighted by Crippen LogP contribution is 2.34. The quantitative estimate of drug-likeness (QED) is 0.850. The summed E-state index contributed by atoms with van der Waals surface area (Å²) in [6.45, 7) is 5.58. The van der Waals surface area contributed by atoms with Crippen molar-refractivity contribution in [2.24, 2.45) is 0 Å². The summed E-state index contributed by atoms with van der Waals surface area (Å²) in [5.41, 5.74) is 2.52. The van der Waals surface area contributed by atoms with Crippen LogP contribution in [0.5, 0.6) is 5.75 Å². The molecule has 20 heavy (non-hydrogen) atoms. The van der Waals surface area contributed by atoms with Gasteiger partial charge >= 0.3 is 0 Å². The van der Waals surface area contributed by atoms with Crippen LogP contribution in [0, 0.1) is 20.8 Å². The minimum atomic E-state index is 0.435. The van der Waals surface area contributed by atoms with Crippen molar-refractivity contribution in [1.82, 2.24) is 9.97 Å². The van der Waals surface area contributed by atoms with E-state index in [2.05, 4.69) is 15.3 Å². The molecule has 6 heteroatoms. The molecule has 0 fully saturated rings. The van der Waals surface area contributed by atoms with Crippen molar-refractivity contribution < 1.29 is 4.74 Å². The minimum absolute atomic E-state index is 0.435. The van der Waals surface area contributed by atoms with Crippen molar-refractivity contribution in [3.8, 4) is 5.75 Å². The van der Waals surface area contributed by atoms with Gasteiger partial charge in [0.1, 0.15) is 22.5 Å². The molecule has 2 aromatic rings. The molecule has 0 aliphatic rings. The lowest BCUT2D eigenvalue weighted by Crippen LogP contribution is -2.03. The number of aromatic nitrogens is 2. The van der Waals surface area contributed by atoms with E-state index >= 15 is 0 Å². The smallest absolute Gasteiger partial charge is 0.143 e. The van der Waals surface area contributed by atoms with Gasteiger partial charge in [0.15, 0.2) is 0 Å². The third kappa shape index (κ3) is 2.97. The van der Waals surface area contributed by atoms with Gasteiger partial charge < -0.3 is 10.1 Å². The molecule has 106 valence electrons. The average Bonchev–Trinajstić information content (AvgIpc) is 2.39. The third-order valence-corrected chi connectivity index (χ3v) is 3.71. The number of anilines is 2. The van der Waals surface area contributed by atoms with Crippen molar-refractivity contribution >= 4 is 34.7 Å². The van der Waals surface area contributed by atoms with Crippen LogP contribution in [0.25, 0.3) is 0 Å². The van der Waals surface area contributed by atoms with E-state index in [1.54, 1.807) is 20.1 Å². The Morgan fingerprint density at radius 3 is 2.45 bits per heavy atom. The zero-order valence-electron chi connectivity index (χ0n) is 11.7. The number of hydrogen-bond acceptors (Lipinski definition) is 4. The summed E-state index contributed by atoms with van der Waals surface area (Å²) < 4.78 is 5.33. The Bertz CT molecular complexity index is 659. The Morgan fingerprint density at radius 1 is 1.10 bits per heavy atom. The van der Waals surface area contributed by atoms with Crippen LogP contribution < -0.4 is 10.1 Å². The van der Waals surface area contributed by atoms with Gasteiger partial charge in [-0.2, -0.15) is 0 Å². The minimum Gasteiger partial charge on any atom is -0.495 e. The second kappa shape index (κ2) is 5.85. The number of nitrogens with zero attached hydrogens (tertiary/aromatic N) is 2. The molecule has 0 bridgehead atoms. The number of hydrogen-bond donors (Lipinski definition) is 1. The van der Waals surface area contributed by atoms with Crippen LogP contribution in [0.1, 0.15) is 17.0 Å². The molecule has 0 unspecified atom stereocenters. The van der Waals surface area contributed by atoms with Crippen molar-refractivity contribution in [3.63, 3.8) is 0 Å². The molecule has 1 aromatic carbocycles. The molecular formula is C14H15Cl2N3O. The molecule has 4 nitrogen and oxygen atoms in total. The van der Waals surface area contributed by atoms with E-state index in [9.17, 15) is 0 Å². The molecule has 0 radical (unpaired) electrons. The molecule has 0 saturated heterocycles. The zero-order chi connectivity index (χ0) is 14.9. The standard InChI is InChI=1S/C14H15Cl2N3O/c1-7-5-11(12(20-4)6-10(7)15)19-14-8(2)13(16)17-9(3)18-14/h5-6H,1-4H3,(H,17,18,19). The van der Waals surface area contributed by atoms with Gasteiger partial charge in [-0.25, -0.2) is 9.97 Å². The first-order valence-electron chi connectivity index (χ1n) is 6.04. The number of ether oxygens (including phenoxy) is 1. The number of rotatable bonds is 3. The van der Waals surface area contributed by atoms with Gasteiger partial charge in [0.05, 0.1) is 12.8 Å².